The monoisotopic (exact) mass is 181 g/mol. The molecule has 0 saturated carbocycles. The molecular formula is C10H15NO2. The van der Waals surface area contributed by atoms with Crippen molar-refractivity contribution in [2.45, 2.75) is 27.7 Å². The standard InChI is InChI=1S/C10H15NO2/c1-5-13-9(12)8(7-11)6-10(2,3)4/h6H,5H2,1-4H3/b8-6+. The van der Waals surface area contributed by atoms with E-state index in [1.54, 1.807) is 13.0 Å². The highest BCUT2D eigenvalue weighted by Crippen LogP contribution is 2.17. The fourth-order valence-corrected chi connectivity index (χ4v) is 0.779. The second-order valence-corrected chi connectivity index (χ2v) is 3.76. The van der Waals surface area contributed by atoms with Gasteiger partial charge in [0.2, 0.25) is 0 Å². The molecule has 3 nitrogen and oxygen atoms in total. The van der Waals surface area contributed by atoms with Gasteiger partial charge in [0.05, 0.1) is 6.61 Å². The Labute approximate surface area is 79.0 Å². The summed E-state index contributed by atoms with van der Waals surface area (Å²) in [5.74, 6) is -0.542. The van der Waals surface area contributed by atoms with Gasteiger partial charge in [-0.2, -0.15) is 5.26 Å². The average Bonchev–Trinajstić information content (AvgIpc) is 1.99. The highest BCUT2D eigenvalue weighted by atomic mass is 16.5. The zero-order valence-corrected chi connectivity index (χ0v) is 8.55. The van der Waals surface area contributed by atoms with Gasteiger partial charge in [0.1, 0.15) is 11.6 Å². The number of carbonyl (C=O) groups excluding carboxylic acids is 1. The molecular weight excluding hydrogens is 166 g/mol. The van der Waals surface area contributed by atoms with Crippen LogP contribution in [0.15, 0.2) is 11.6 Å². The van der Waals surface area contributed by atoms with E-state index in [0.29, 0.717) is 6.61 Å². The molecule has 0 rings (SSSR count). The highest BCUT2D eigenvalue weighted by molar-refractivity contribution is 5.92. The van der Waals surface area contributed by atoms with Crippen LogP contribution in [0.1, 0.15) is 27.7 Å². The first-order chi connectivity index (χ1) is 5.90. The largest absolute Gasteiger partial charge is 0.462 e. The summed E-state index contributed by atoms with van der Waals surface area (Å²) in [7, 11) is 0. The summed E-state index contributed by atoms with van der Waals surface area (Å²) in [5.41, 5.74) is -0.105. The summed E-state index contributed by atoms with van der Waals surface area (Å²) in [5, 5.41) is 8.67. The van der Waals surface area contributed by atoms with E-state index in [4.69, 9.17) is 10.00 Å². The Morgan fingerprint density at radius 3 is 2.38 bits per heavy atom. The fraction of sp³-hybridized carbons (Fsp3) is 0.600. The Bertz CT molecular complexity index is 253. The van der Waals surface area contributed by atoms with E-state index in [2.05, 4.69) is 0 Å². The van der Waals surface area contributed by atoms with Crippen LogP contribution in [0.4, 0.5) is 0 Å². The van der Waals surface area contributed by atoms with Crippen LogP contribution in [0, 0.1) is 16.7 Å². The molecule has 0 heterocycles. The molecule has 0 bridgehead atoms. The zero-order chi connectivity index (χ0) is 10.5. The molecule has 0 aliphatic heterocycles. The third-order valence-electron chi connectivity index (χ3n) is 1.19. The molecule has 0 radical (unpaired) electrons. The summed E-state index contributed by atoms with van der Waals surface area (Å²) in [6.45, 7) is 7.77. The molecule has 0 unspecified atom stereocenters. The number of carbonyl (C=O) groups is 1. The van der Waals surface area contributed by atoms with Crippen molar-refractivity contribution in [3.8, 4) is 6.07 Å². The summed E-state index contributed by atoms with van der Waals surface area (Å²) in [6, 6.07) is 1.83. The first-order valence-corrected chi connectivity index (χ1v) is 4.20. The number of hydrogen-bond acceptors (Lipinski definition) is 3. The average molecular weight is 181 g/mol. The van der Waals surface area contributed by atoms with Crippen molar-refractivity contribution in [3.63, 3.8) is 0 Å². The van der Waals surface area contributed by atoms with Gasteiger partial charge < -0.3 is 4.74 Å². The molecule has 3 heteroatoms. The van der Waals surface area contributed by atoms with Gasteiger partial charge in [0.15, 0.2) is 0 Å². The van der Waals surface area contributed by atoms with Crippen LogP contribution >= 0.6 is 0 Å². The Kier molecular flexibility index (Phi) is 4.19. The van der Waals surface area contributed by atoms with Crippen LogP contribution in [0.5, 0.6) is 0 Å². The molecule has 0 aromatic carbocycles. The SMILES string of the molecule is CCOC(=O)/C(C#N)=C/C(C)(C)C. The van der Waals surface area contributed by atoms with Crippen LogP contribution in [-0.2, 0) is 9.53 Å². The maximum absolute atomic E-state index is 11.1. The number of ether oxygens (including phenoxy) is 1. The molecule has 72 valence electrons. The van der Waals surface area contributed by atoms with Gasteiger partial charge in [-0.15, -0.1) is 0 Å². The molecule has 0 fully saturated rings. The van der Waals surface area contributed by atoms with Gasteiger partial charge >= 0.3 is 5.97 Å². The summed E-state index contributed by atoms with van der Waals surface area (Å²) in [4.78, 5) is 11.1. The van der Waals surface area contributed by atoms with Gasteiger partial charge in [0, 0.05) is 0 Å². The molecule has 0 aliphatic rings. The van der Waals surface area contributed by atoms with Crippen molar-refractivity contribution < 1.29 is 9.53 Å². The molecule has 0 saturated heterocycles. The number of allylic oxidation sites excluding steroid dienone is 1. The van der Waals surface area contributed by atoms with Crippen molar-refractivity contribution >= 4 is 5.97 Å². The summed E-state index contributed by atoms with van der Waals surface area (Å²) < 4.78 is 4.71. The van der Waals surface area contributed by atoms with Gasteiger partial charge in [-0.3, -0.25) is 0 Å². The van der Waals surface area contributed by atoms with Gasteiger partial charge in [-0.25, -0.2) is 4.79 Å². The van der Waals surface area contributed by atoms with Crippen LogP contribution in [0.2, 0.25) is 0 Å². The predicted octanol–water partition coefficient (Wildman–Crippen LogP) is 2.05. The molecule has 13 heavy (non-hydrogen) atoms. The number of rotatable bonds is 2. The smallest absolute Gasteiger partial charge is 0.348 e. The van der Waals surface area contributed by atoms with Crippen molar-refractivity contribution in [1.29, 1.82) is 5.26 Å². The second-order valence-electron chi connectivity index (χ2n) is 3.76. The van der Waals surface area contributed by atoms with E-state index >= 15 is 0 Å². The van der Waals surface area contributed by atoms with Crippen molar-refractivity contribution in [3.05, 3.63) is 11.6 Å². The minimum Gasteiger partial charge on any atom is -0.462 e. The van der Waals surface area contributed by atoms with Crippen molar-refractivity contribution in [2.24, 2.45) is 5.41 Å². The van der Waals surface area contributed by atoms with Crippen LogP contribution in [-0.4, -0.2) is 12.6 Å². The van der Waals surface area contributed by atoms with E-state index in [9.17, 15) is 4.79 Å². The molecule has 0 spiro atoms. The molecule has 0 aromatic heterocycles. The van der Waals surface area contributed by atoms with Crippen LogP contribution in [0.25, 0.3) is 0 Å². The van der Waals surface area contributed by atoms with E-state index in [1.807, 2.05) is 26.8 Å². The van der Waals surface area contributed by atoms with Gasteiger partial charge in [-0.1, -0.05) is 26.8 Å². The Hall–Kier alpha value is -1.30. The number of nitriles is 1. The third-order valence-corrected chi connectivity index (χ3v) is 1.19. The number of nitrogens with zero attached hydrogens (tertiary/aromatic N) is 1. The Balaban J connectivity index is 4.64. The van der Waals surface area contributed by atoms with E-state index < -0.39 is 5.97 Å². The van der Waals surface area contributed by atoms with Crippen LogP contribution in [0.3, 0.4) is 0 Å². The lowest BCUT2D eigenvalue weighted by Gasteiger charge is -2.12. The molecule has 0 atom stereocenters. The normalized spacial score (nSPS) is 12.1. The van der Waals surface area contributed by atoms with Crippen molar-refractivity contribution in [1.82, 2.24) is 0 Å². The van der Waals surface area contributed by atoms with E-state index in [-0.39, 0.29) is 11.0 Å². The van der Waals surface area contributed by atoms with E-state index in [0.717, 1.165) is 0 Å². The molecule has 0 aliphatic carbocycles. The topological polar surface area (TPSA) is 50.1 Å². The lowest BCUT2D eigenvalue weighted by Crippen LogP contribution is -2.10. The fourth-order valence-electron chi connectivity index (χ4n) is 0.779. The van der Waals surface area contributed by atoms with Gasteiger partial charge in [0.25, 0.3) is 0 Å². The highest BCUT2D eigenvalue weighted by Gasteiger charge is 2.14. The van der Waals surface area contributed by atoms with Crippen LogP contribution < -0.4 is 0 Å². The maximum Gasteiger partial charge on any atom is 0.348 e. The Morgan fingerprint density at radius 2 is 2.08 bits per heavy atom. The lowest BCUT2D eigenvalue weighted by atomic mass is 9.94. The molecule has 0 amide bonds. The van der Waals surface area contributed by atoms with Crippen molar-refractivity contribution in [2.75, 3.05) is 6.61 Å². The third kappa shape index (κ3) is 5.02. The first kappa shape index (κ1) is 11.7. The minimum atomic E-state index is -0.542. The zero-order valence-electron chi connectivity index (χ0n) is 8.55. The lowest BCUT2D eigenvalue weighted by molar-refractivity contribution is -0.138. The second kappa shape index (κ2) is 4.66. The Morgan fingerprint density at radius 1 is 1.54 bits per heavy atom. The number of esters is 1. The minimum absolute atomic E-state index is 0.0781. The maximum atomic E-state index is 11.1. The van der Waals surface area contributed by atoms with E-state index in [1.165, 1.54) is 0 Å². The summed E-state index contributed by atoms with van der Waals surface area (Å²) in [6.07, 6.45) is 1.62. The predicted molar refractivity (Wildman–Crippen MR) is 49.8 cm³/mol. The quantitative estimate of drug-likeness (QED) is 0.372. The number of hydrogen-bond donors (Lipinski definition) is 0. The summed E-state index contributed by atoms with van der Waals surface area (Å²) >= 11 is 0. The first-order valence-electron chi connectivity index (χ1n) is 4.20. The van der Waals surface area contributed by atoms with Gasteiger partial charge in [-0.05, 0) is 12.3 Å². The molecule has 0 N–H and O–H groups in total. The molecule has 0 aromatic rings.